The second-order valence-electron chi connectivity index (χ2n) is 6.02. The van der Waals surface area contributed by atoms with Gasteiger partial charge >= 0.3 is 0 Å². The van der Waals surface area contributed by atoms with Crippen LogP contribution in [0.3, 0.4) is 0 Å². The van der Waals surface area contributed by atoms with Gasteiger partial charge in [0.15, 0.2) is 5.76 Å². The SMILES string of the molecule is CS(=O)(=O)c1ncc2c(n1)CCN(Cc1cc(-c3ccco3)on1)C2. The van der Waals surface area contributed by atoms with Crippen molar-refractivity contribution < 1.29 is 17.4 Å². The molecule has 0 amide bonds. The second kappa shape index (κ2) is 6.08. The van der Waals surface area contributed by atoms with Gasteiger partial charge in [0, 0.05) is 50.1 Å². The molecule has 0 atom stereocenters. The molecule has 0 N–H and O–H groups in total. The molecule has 4 heterocycles. The Labute approximate surface area is 144 Å². The van der Waals surface area contributed by atoms with Gasteiger partial charge in [-0.25, -0.2) is 18.4 Å². The molecule has 9 heteroatoms. The maximum absolute atomic E-state index is 11.6. The van der Waals surface area contributed by atoms with Crippen LogP contribution in [0.1, 0.15) is 17.0 Å². The lowest BCUT2D eigenvalue weighted by atomic mass is 10.1. The van der Waals surface area contributed by atoms with E-state index in [4.69, 9.17) is 8.94 Å². The van der Waals surface area contributed by atoms with Crippen LogP contribution in [0.15, 0.2) is 44.8 Å². The van der Waals surface area contributed by atoms with Crippen molar-refractivity contribution in [3.05, 3.63) is 47.6 Å². The first-order valence-corrected chi connectivity index (χ1v) is 9.65. The zero-order valence-corrected chi connectivity index (χ0v) is 14.4. The van der Waals surface area contributed by atoms with E-state index in [1.807, 2.05) is 12.1 Å². The number of aromatic nitrogens is 3. The van der Waals surface area contributed by atoms with Crippen molar-refractivity contribution in [1.82, 2.24) is 20.0 Å². The van der Waals surface area contributed by atoms with Gasteiger partial charge in [-0.1, -0.05) is 5.16 Å². The number of sulfone groups is 1. The quantitative estimate of drug-likeness (QED) is 0.648. The Morgan fingerprint density at radius 3 is 2.96 bits per heavy atom. The molecule has 1 aliphatic rings. The average Bonchev–Trinajstić information content (AvgIpc) is 3.24. The van der Waals surface area contributed by atoms with Crippen LogP contribution in [0.2, 0.25) is 0 Å². The van der Waals surface area contributed by atoms with Gasteiger partial charge in [0.1, 0.15) is 0 Å². The minimum atomic E-state index is -3.38. The highest BCUT2D eigenvalue weighted by molar-refractivity contribution is 7.90. The molecule has 1 aliphatic heterocycles. The summed E-state index contributed by atoms with van der Waals surface area (Å²) in [5.74, 6) is 1.24. The third kappa shape index (κ3) is 3.33. The molecular formula is C16H16N4O4S. The average molecular weight is 360 g/mol. The van der Waals surface area contributed by atoms with E-state index in [1.54, 1.807) is 18.5 Å². The summed E-state index contributed by atoms with van der Waals surface area (Å²) in [4.78, 5) is 10.4. The number of hydrogen-bond donors (Lipinski definition) is 0. The number of rotatable bonds is 4. The van der Waals surface area contributed by atoms with Crippen LogP contribution in [-0.4, -0.2) is 41.2 Å². The smallest absolute Gasteiger partial charge is 0.246 e. The highest BCUT2D eigenvalue weighted by Gasteiger charge is 2.22. The maximum Gasteiger partial charge on any atom is 0.246 e. The van der Waals surface area contributed by atoms with Crippen molar-refractivity contribution in [3.8, 4) is 11.5 Å². The molecule has 0 unspecified atom stereocenters. The van der Waals surface area contributed by atoms with E-state index in [2.05, 4.69) is 20.0 Å². The molecule has 0 aliphatic carbocycles. The first-order chi connectivity index (χ1) is 12.0. The fourth-order valence-corrected chi connectivity index (χ4v) is 3.34. The van der Waals surface area contributed by atoms with Gasteiger partial charge in [0.2, 0.25) is 20.8 Å². The largest absolute Gasteiger partial charge is 0.461 e. The Morgan fingerprint density at radius 2 is 2.20 bits per heavy atom. The molecule has 25 heavy (non-hydrogen) atoms. The molecule has 0 spiro atoms. The van der Waals surface area contributed by atoms with Crippen molar-refractivity contribution in [2.45, 2.75) is 24.7 Å². The summed E-state index contributed by atoms with van der Waals surface area (Å²) in [6.45, 7) is 2.02. The Hall–Kier alpha value is -2.52. The van der Waals surface area contributed by atoms with Crippen molar-refractivity contribution >= 4 is 9.84 Å². The van der Waals surface area contributed by atoms with E-state index in [0.717, 1.165) is 29.8 Å². The Kier molecular flexibility index (Phi) is 3.89. The van der Waals surface area contributed by atoms with Gasteiger partial charge in [-0.3, -0.25) is 4.90 Å². The van der Waals surface area contributed by atoms with Gasteiger partial charge in [-0.15, -0.1) is 0 Å². The van der Waals surface area contributed by atoms with E-state index >= 15 is 0 Å². The predicted molar refractivity (Wildman–Crippen MR) is 87.2 cm³/mol. The third-order valence-electron chi connectivity index (χ3n) is 4.03. The van der Waals surface area contributed by atoms with Gasteiger partial charge in [-0.2, -0.15) is 0 Å². The molecule has 0 radical (unpaired) electrons. The van der Waals surface area contributed by atoms with Crippen LogP contribution in [0, 0.1) is 0 Å². The topological polar surface area (TPSA) is 102 Å². The number of furan rings is 1. The normalized spacial score (nSPS) is 15.2. The number of fused-ring (bicyclic) bond motifs is 1. The summed E-state index contributed by atoms with van der Waals surface area (Å²) < 4.78 is 33.7. The predicted octanol–water partition coefficient (Wildman–Crippen LogP) is 1.69. The van der Waals surface area contributed by atoms with E-state index in [-0.39, 0.29) is 5.16 Å². The second-order valence-corrected chi connectivity index (χ2v) is 7.93. The van der Waals surface area contributed by atoms with Gasteiger partial charge in [0.25, 0.3) is 0 Å². The summed E-state index contributed by atoms with van der Waals surface area (Å²) in [6, 6.07) is 5.47. The summed E-state index contributed by atoms with van der Waals surface area (Å²) in [7, 11) is -3.38. The Bertz CT molecular complexity index is 995. The van der Waals surface area contributed by atoms with Crippen LogP contribution in [0.5, 0.6) is 0 Å². The minimum Gasteiger partial charge on any atom is -0.461 e. The van der Waals surface area contributed by atoms with Gasteiger partial charge in [-0.05, 0) is 12.1 Å². The van der Waals surface area contributed by atoms with Crippen molar-refractivity contribution in [1.29, 1.82) is 0 Å². The zero-order chi connectivity index (χ0) is 17.4. The zero-order valence-electron chi connectivity index (χ0n) is 13.5. The first-order valence-electron chi connectivity index (χ1n) is 7.76. The van der Waals surface area contributed by atoms with E-state index < -0.39 is 9.84 Å². The molecule has 130 valence electrons. The first kappa shape index (κ1) is 16.0. The summed E-state index contributed by atoms with van der Waals surface area (Å²) in [6.07, 6.45) is 4.97. The summed E-state index contributed by atoms with van der Waals surface area (Å²) in [5.41, 5.74) is 2.54. The van der Waals surface area contributed by atoms with Crippen LogP contribution in [0.25, 0.3) is 11.5 Å². The highest BCUT2D eigenvalue weighted by Crippen LogP contribution is 2.23. The number of hydrogen-bond acceptors (Lipinski definition) is 8. The van der Waals surface area contributed by atoms with Gasteiger partial charge in [0.05, 0.1) is 17.7 Å². The number of nitrogens with zero attached hydrogens (tertiary/aromatic N) is 4. The van der Waals surface area contributed by atoms with Crippen LogP contribution in [0.4, 0.5) is 0 Å². The van der Waals surface area contributed by atoms with Crippen molar-refractivity contribution in [3.63, 3.8) is 0 Å². The Balaban J connectivity index is 1.48. The molecule has 0 fully saturated rings. The minimum absolute atomic E-state index is 0.112. The van der Waals surface area contributed by atoms with Crippen LogP contribution < -0.4 is 0 Å². The molecule has 0 bridgehead atoms. The highest BCUT2D eigenvalue weighted by atomic mass is 32.2. The van der Waals surface area contributed by atoms with Crippen LogP contribution in [-0.2, 0) is 29.3 Å². The van der Waals surface area contributed by atoms with E-state index in [1.165, 1.54) is 0 Å². The Morgan fingerprint density at radius 1 is 1.32 bits per heavy atom. The third-order valence-corrected chi connectivity index (χ3v) is 4.89. The molecule has 3 aromatic rings. The molecule has 0 aromatic carbocycles. The molecule has 8 nitrogen and oxygen atoms in total. The monoisotopic (exact) mass is 360 g/mol. The van der Waals surface area contributed by atoms with E-state index in [9.17, 15) is 8.42 Å². The lowest BCUT2D eigenvalue weighted by Gasteiger charge is -2.26. The molecule has 3 aromatic heterocycles. The summed E-state index contributed by atoms with van der Waals surface area (Å²) in [5, 5.41) is 3.97. The maximum atomic E-state index is 11.6. The van der Waals surface area contributed by atoms with Gasteiger partial charge < -0.3 is 8.94 Å². The lowest BCUT2D eigenvalue weighted by molar-refractivity contribution is 0.234. The van der Waals surface area contributed by atoms with Crippen molar-refractivity contribution in [2.75, 3.05) is 12.8 Å². The van der Waals surface area contributed by atoms with E-state index in [0.29, 0.717) is 31.0 Å². The fraction of sp³-hybridized carbons (Fsp3) is 0.312. The molecule has 0 saturated carbocycles. The molecular weight excluding hydrogens is 344 g/mol. The fourth-order valence-electron chi connectivity index (χ4n) is 2.82. The van der Waals surface area contributed by atoms with Crippen molar-refractivity contribution in [2.24, 2.45) is 0 Å². The standard InChI is InChI=1S/C16H16N4O4S/c1-25(21,22)16-17-8-11-9-20(5-4-13(11)18-16)10-12-7-15(24-19-12)14-3-2-6-23-14/h2-3,6-8H,4-5,9-10H2,1H3. The van der Waals surface area contributed by atoms with Crippen LogP contribution >= 0.6 is 0 Å². The molecule has 0 saturated heterocycles. The molecule has 4 rings (SSSR count). The summed E-state index contributed by atoms with van der Waals surface area (Å²) >= 11 is 0. The lowest BCUT2D eigenvalue weighted by Crippen LogP contribution is -2.31.